The van der Waals surface area contributed by atoms with Crippen LogP contribution in [0.5, 0.6) is 0 Å². The Bertz CT molecular complexity index is 449. The van der Waals surface area contributed by atoms with Gasteiger partial charge in [0.15, 0.2) is 5.82 Å². The van der Waals surface area contributed by atoms with Crippen LogP contribution in [0.2, 0.25) is 5.02 Å². The fraction of sp³-hybridized carbons (Fsp3) is 0.333. The van der Waals surface area contributed by atoms with Crippen LogP contribution in [0.4, 0.5) is 11.8 Å². The summed E-state index contributed by atoms with van der Waals surface area (Å²) in [5.74, 6) is 0.123. The molecule has 1 rings (SSSR count). The molecule has 5 N–H and O–H groups in total. The van der Waals surface area contributed by atoms with Crippen LogP contribution in [-0.2, 0) is 10.0 Å². The lowest BCUT2D eigenvalue weighted by atomic mass is 10.5. The highest BCUT2D eigenvalue weighted by molar-refractivity contribution is 7.89. The first-order chi connectivity index (χ1) is 6.88. The molecule has 0 aromatic carbocycles. The van der Waals surface area contributed by atoms with E-state index in [1.54, 1.807) is 0 Å². The number of nitrogens with two attached hydrogens (primary N) is 2. The van der Waals surface area contributed by atoms with E-state index in [1.807, 2.05) is 0 Å². The largest absolute Gasteiger partial charge is 0.368 e. The van der Waals surface area contributed by atoms with Gasteiger partial charge in [-0.3, -0.25) is 0 Å². The maximum Gasteiger partial charge on any atom is 0.222 e. The molecular weight excluding hydrogens is 242 g/mol. The van der Waals surface area contributed by atoms with E-state index in [9.17, 15) is 8.42 Å². The third kappa shape index (κ3) is 4.28. The van der Waals surface area contributed by atoms with Crippen LogP contribution in [0, 0.1) is 0 Å². The van der Waals surface area contributed by atoms with Crippen molar-refractivity contribution in [2.75, 3.05) is 23.3 Å². The summed E-state index contributed by atoms with van der Waals surface area (Å²) in [6.07, 6.45) is 1.32. The average Bonchev–Trinajstić information content (AvgIpc) is 2.09. The van der Waals surface area contributed by atoms with Gasteiger partial charge in [-0.05, 0) is 0 Å². The van der Waals surface area contributed by atoms with E-state index in [4.69, 9.17) is 22.5 Å². The summed E-state index contributed by atoms with van der Waals surface area (Å²) in [5.41, 5.74) is 5.32. The zero-order chi connectivity index (χ0) is 11.5. The first-order valence-electron chi connectivity index (χ1n) is 3.91. The van der Waals surface area contributed by atoms with Gasteiger partial charge in [-0.1, -0.05) is 11.6 Å². The molecule has 1 heterocycles. The van der Waals surface area contributed by atoms with Crippen LogP contribution in [0.15, 0.2) is 6.20 Å². The number of nitrogens with one attached hydrogen (secondary N) is 1. The minimum atomic E-state index is -3.50. The number of hydrogen-bond acceptors (Lipinski definition) is 6. The molecule has 15 heavy (non-hydrogen) atoms. The van der Waals surface area contributed by atoms with Crippen molar-refractivity contribution in [3.8, 4) is 0 Å². The van der Waals surface area contributed by atoms with Gasteiger partial charge < -0.3 is 11.1 Å². The van der Waals surface area contributed by atoms with E-state index in [2.05, 4.69) is 15.3 Å². The van der Waals surface area contributed by atoms with Gasteiger partial charge in [0, 0.05) is 6.54 Å². The van der Waals surface area contributed by atoms with Gasteiger partial charge in [-0.2, -0.15) is 4.98 Å². The lowest BCUT2D eigenvalue weighted by Gasteiger charge is -2.06. The van der Waals surface area contributed by atoms with Crippen molar-refractivity contribution in [3.05, 3.63) is 11.2 Å². The molecule has 0 unspecified atom stereocenters. The monoisotopic (exact) mass is 251 g/mol. The number of anilines is 2. The molecule has 7 nitrogen and oxygen atoms in total. The summed E-state index contributed by atoms with van der Waals surface area (Å²) >= 11 is 5.72. The first kappa shape index (κ1) is 12.0. The summed E-state index contributed by atoms with van der Waals surface area (Å²) < 4.78 is 21.2. The molecule has 0 fully saturated rings. The molecular formula is C6H10ClN5O2S. The molecule has 0 radical (unpaired) electrons. The van der Waals surface area contributed by atoms with Crippen molar-refractivity contribution in [2.45, 2.75) is 0 Å². The molecule has 0 spiro atoms. The van der Waals surface area contributed by atoms with E-state index in [-0.39, 0.29) is 29.1 Å². The molecule has 0 aliphatic heterocycles. The Balaban J connectivity index is 2.61. The Morgan fingerprint density at radius 3 is 2.80 bits per heavy atom. The van der Waals surface area contributed by atoms with Crippen LogP contribution < -0.4 is 16.2 Å². The highest BCUT2D eigenvalue weighted by atomic mass is 35.5. The van der Waals surface area contributed by atoms with Gasteiger partial charge in [-0.15, -0.1) is 0 Å². The van der Waals surface area contributed by atoms with Crippen molar-refractivity contribution >= 4 is 33.4 Å². The van der Waals surface area contributed by atoms with Crippen molar-refractivity contribution in [2.24, 2.45) is 5.14 Å². The molecule has 0 bridgehead atoms. The van der Waals surface area contributed by atoms with Crippen molar-refractivity contribution < 1.29 is 8.42 Å². The van der Waals surface area contributed by atoms with Crippen molar-refractivity contribution in [1.82, 2.24) is 9.97 Å². The summed E-state index contributed by atoms with van der Waals surface area (Å²) in [6, 6.07) is 0. The van der Waals surface area contributed by atoms with Crippen LogP contribution >= 0.6 is 11.6 Å². The SMILES string of the molecule is Nc1ncc(Cl)c(NCCS(N)(=O)=O)n1. The molecule has 84 valence electrons. The summed E-state index contributed by atoms with van der Waals surface area (Å²) in [7, 11) is -3.50. The number of nitrogens with zero attached hydrogens (tertiary/aromatic N) is 2. The summed E-state index contributed by atoms with van der Waals surface area (Å²) in [5, 5.41) is 7.76. The normalized spacial score (nSPS) is 11.3. The quantitative estimate of drug-likeness (QED) is 0.657. The van der Waals surface area contributed by atoms with Crippen LogP contribution in [-0.4, -0.2) is 30.7 Å². The van der Waals surface area contributed by atoms with Gasteiger partial charge in [0.25, 0.3) is 0 Å². The molecule has 9 heteroatoms. The van der Waals surface area contributed by atoms with Crippen LogP contribution in [0.25, 0.3) is 0 Å². The summed E-state index contributed by atoms with van der Waals surface area (Å²) in [4.78, 5) is 7.43. The maximum atomic E-state index is 10.6. The minimum Gasteiger partial charge on any atom is -0.368 e. The molecule has 0 amide bonds. The third-order valence-corrected chi connectivity index (χ3v) is 2.49. The smallest absolute Gasteiger partial charge is 0.222 e. The zero-order valence-corrected chi connectivity index (χ0v) is 9.22. The molecule has 0 saturated carbocycles. The predicted molar refractivity (Wildman–Crippen MR) is 57.9 cm³/mol. The second-order valence-corrected chi connectivity index (χ2v) is 4.86. The topological polar surface area (TPSA) is 124 Å². The molecule has 0 aliphatic carbocycles. The highest BCUT2D eigenvalue weighted by Crippen LogP contribution is 2.17. The number of halogens is 1. The van der Waals surface area contributed by atoms with E-state index in [0.717, 1.165) is 0 Å². The van der Waals surface area contributed by atoms with Gasteiger partial charge in [-0.25, -0.2) is 18.5 Å². The van der Waals surface area contributed by atoms with Gasteiger partial charge in [0.1, 0.15) is 5.02 Å². The average molecular weight is 252 g/mol. The lowest BCUT2D eigenvalue weighted by Crippen LogP contribution is -2.22. The lowest BCUT2D eigenvalue weighted by molar-refractivity contribution is 0.598. The van der Waals surface area contributed by atoms with E-state index < -0.39 is 10.0 Å². The Labute approximate surface area is 91.9 Å². The minimum absolute atomic E-state index is 0.0532. The van der Waals surface area contributed by atoms with Gasteiger partial charge in [0.05, 0.1) is 11.9 Å². The Morgan fingerprint density at radius 1 is 1.53 bits per heavy atom. The van der Waals surface area contributed by atoms with Crippen LogP contribution in [0.3, 0.4) is 0 Å². The Kier molecular flexibility index (Phi) is 3.66. The van der Waals surface area contributed by atoms with Gasteiger partial charge in [0.2, 0.25) is 16.0 Å². The third-order valence-electron chi connectivity index (χ3n) is 1.44. The second-order valence-electron chi connectivity index (χ2n) is 2.72. The first-order valence-corrected chi connectivity index (χ1v) is 6.00. The van der Waals surface area contributed by atoms with Crippen molar-refractivity contribution in [1.29, 1.82) is 0 Å². The number of nitrogen functional groups attached to an aromatic ring is 1. The number of sulfonamides is 1. The van der Waals surface area contributed by atoms with Crippen LogP contribution in [0.1, 0.15) is 0 Å². The fourth-order valence-corrected chi connectivity index (χ4v) is 1.36. The number of aromatic nitrogens is 2. The standard InChI is InChI=1S/C6H10ClN5O2S/c7-4-3-11-6(8)12-5(4)10-1-2-15(9,13)14/h3H,1-2H2,(H2,9,13,14)(H3,8,10,11,12). The highest BCUT2D eigenvalue weighted by Gasteiger charge is 2.05. The molecule has 0 aliphatic rings. The molecule has 1 aromatic heterocycles. The Morgan fingerprint density at radius 2 is 2.20 bits per heavy atom. The maximum absolute atomic E-state index is 10.6. The molecule has 1 aromatic rings. The van der Waals surface area contributed by atoms with E-state index in [1.165, 1.54) is 6.20 Å². The predicted octanol–water partition coefficient (Wildman–Crippen LogP) is -0.587. The van der Waals surface area contributed by atoms with E-state index in [0.29, 0.717) is 0 Å². The van der Waals surface area contributed by atoms with Crippen molar-refractivity contribution in [3.63, 3.8) is 0 Å². The van der Waals surface area contributed by atoms with Gasteiger partial charge >= 0.3 is 0 Å². The number of rotatable bonds is 4. The Hall–Kier alpha value is -1.12. The molecule has 0 atom stereocenters. The molecule has 0 saturated heterocycles. The fourth-order valence-electron chi connectivity index (χ4n) is 0.816. The summed E-state index contributed by atoms with van der Waals surface area (Å²) in [6.45, 7) is 0.106. The van der Waals surface area contributed by atoms with E-state index >= 15 is 0 Å². The number of hydrogen-bond donors (Lipinski definition) is 3. The zero-order valence-electron chi connectivity index (χ0n) is 7.64. The second kappa shape index (κ2) is 4.60. The number of primary sulfonamides is 1.